The van der Waals surface area contributed by atoms with Crippen LogP contribution in [0.2, 0.25) is 0 Å². The van der Waals surface area contributed by atoms with Crippen LogP contribution < -0.4 is 10.6 Å². The zero-order valence-electron chi connectivity index (χ0n) is 14.2. The second-order valence-electron chi connectivity index (χ2n) is 6.01. The lowest BCUT2D eigenvalue weighted by Crippen LogP contribution is -2.46. The van der Waals surface area contributed by atoms with Crippen molar-refractivity contribution in [2.45, 2.75) is 59.9 Å². The molecule has 2 N–H and O–H groups in total. The van der Waals surface area contributed by atoms with E-state index in [0.717, 1.165) is 29.8 Å². The molecule has 22 heavy (non-hydrogen) atoms. The summed E-state index contributed by atoms with van der Waals surface area (Å²) in [5, 5.41) is 7.95. The number of halogens is 1. The van der Waals surface area contributed by atoms with E-state index < -0.39 is 0 Å². The van der Waals surface area contributed by atoms with Crippen LogP contribution in [-0.2, 0) is 6.54 Å². The molecule has 1 aromatic heterocycles. The van der Waals surface area contributed by atoms with Crippen molar-refractivity contribution in [3.8, 4) is 0 Å². The fraction of sp³-hybridized carbons (Fsp3) is 0.750. The molecule has 0 unspecified atom stereocenters. The Morgan fingerprint density at radius 2 is 2.00 bits per heavy atom. The molecular weight excluding hydrogens is 407 g/mol. The van der Waals surface area contributed by atoms with Gasteiger partial charge in [-0.25, -0.2) is 9.98 Å². The Labute approximate surface area is 155 Å². The molecule has 1 aromatic rings. The van der Waals surface area contributed by atoms with Gasteiger partial charge in [-0.2, -0.15) is 0 Å². The number of aromatic nitrogens is 1. The van der Waals surface area contributed by atoms with Gasteiger partial charge in [0.1, 0.15) is 5.01 Å². The summed E-state index contributed by atoms with van der Waals surface area (Å²) < 4.78 is 0. The maximum absolute atomic E-state index is 4.68. The van der Waals surface area contributed by atoms with Crippen molar-refractivity contribution in [3.05, 3.63) is 15.6 Å². The number of nitrogens with one attached hydrogen (secondary N) is 2. The van der Waals surface area contributed by atoms with Crippen molar-refractivity contribution in [2.24, 2.45) is 10.4 Å². The molecular formula is C16H29IN4S. The first-order chi connectivity index (χ1) is 10.1. The molecule has 0 bridgehead atoms. The topological polar surface area (TPSA) is 49.3 Å². The lowest BCUT2D eigenvalue weighted by atomic mass is 9.67. The van der Waals surface area contributed by atoms with E-state index in [9.17, 15) is 0 Å². The Bertz CT molecular complexity index is 469. The lowest BCUT2D eigenvalue weighted by molar-refractivity contribution is 0.131. The van der Waals surface area contributed by atoms with Crippen molar-refractivity contribution in [2.75, 3.05) is 13.1 Å². The second-order valence-corrected chi connectivity index (χ2v) is 7.29. The molecule has 126 valence electrons. The Morgan fingerprint density at radius 3 is 2.45 bits per heavy atom. The van der Waals surface area contributed by atoms with Gasteiger partial charge in [0, 0.05) is 18.0 Å². The van der Waals surface area contributed by atoms with Crippen LogP contribution in [-0.4, -0.2) is 24.0 Å². The first-order valence-corrected chi connectivity index (χ1v) is 8.85. The monoisotopic (exact) mass is 436 g/mol. The highest BCUT2D eigenvalue weighted by Gasteiger charge is 2.34. The molecule has 6 heteroatoms. The van der Waals surface area contributed by atoms with Crippen molar-refractivity contribution < 1.29 is 0 Å². The van der Waals surface area contributed by atoms with Crippen LogP contribution in [0.5, 0.6) is 0 Å². The van der Waals surface area contributed by atoms with E-state index in [1.165, 1.54) is 30.6 Å². The summed E-state index contributed by atoms with van der Waals surface area (Å²) in [6, 6.07) is 0. The Morgan fingerprint density at radius 1 is 1.27 bits per heavy atom. The second kappa shape index (κ2) is 9.05. The number of thiazole rings is 1. The van der Waals surface area contributed by atoms with E-state index in [1.54, 1.807) is 11.3 Å². The number of rotatable bonds is 6. The van der Waals surface area contributed by atoms with E-state index in [2.05, 4.69) is 48.3 Å². The van der Waals surface area contributed by atoms with E-state index in [4.69, 9.17) is 0 Å². The van der Waals surface area contributed by atoms with Gasteiger partial charge < -0.3 is 10.6 Å². The summed E-state index contributed by atoms with van der Waals surface area (Å²) in [5.41, 5.74) is 1.63. The predicted octanol–water partition coefficient (Wildman–Crippen LogP) is 4.01. The van der Waals surface area contributed by atoms with Crippen LogP contribution in [0.4, 0.5) is 0 Å². The highest BCUT2D eigenvalue weighted by atomic mass is 127. The molecule has 0 saturated heterocycles. The molecule has 0 radical (unpaired) electrons. The Hall–Kier alpha value is -0.370. The summed E-state index contributed by atoms with van der Waals surface area (Å²) in [7, 11) is 0. The van der Waals surface area contributed by atoms with Crippen molar-refractivity contribution in [1.82, 2.24) is 15.6 Å². The van der Waals surface area contributed by atoms with Crippen molar-refractivity contribution in [1.29, 1.82) is 0 Å². The van der Waals surface area contributed by atoms with Gasteiger partial charge in [-0.05, 0) is 45.4 Å². The molecule has 2 rings (SSSR count). The van der Waals surface area contributed by atoms with Crippen LogP contribution >= 0.6 is 35.3 Å². The minimum atomic E-state index is 0. The van der Waals surface area contributed by atoms with Crippen LogP contribution in [0.1, 0.15) is 55.1 Å². The molecule has 1 aliphatic carbocycles. The number of nitrogens with zero attached hydrogens (tertiary/aromatic N) is 2. The summed E-state index contributed by atoms with van der Waals surface area (Å²) >= 11 is 1.74. The maximum atomic E-state index is 4.68. The van der Waals surface area contributed by atoms with Gasteiger partial charge in [-0.1, -0.05) is 13.3 Å². The number of hydrogen-bond acceptors (Lipinski definition) is 3. The zero-order valence-corrected chi connectivity index (χ0v) is 17.3. The number of aryl methyl sites for hydroxylation is 2. The molecule has 1 saturated carbocycles. The lowest BCUT2D eigenvalue weighted by Gasteiger charge is -2.41. The molecule has 0 aliphatic heterocycles. The van der Waals surface area contributed by atoms with E-state index in [-0.39, 0.29) is 24.0 Å². The van der Waals surface area contributed by atoms with Gasteiger partial charge in [0.25, 0.3) is 0 Å². The standard InChI is InChI=1S/C16H28N4S.HI/c1-5-16(8-7-9-16)11-19-15(17-6-2)18-10-14-20-12(3)13(4)21-14;/h5-11H2,1-4H3,(H2,17,18,19);1H. The Kier molecular flexibility index (Phi) is 8.10. The van der Waals surface area contributed by atoms with E-state index in [1.807, 2.05) is 0 Å². The molecule has 0 spiro atoms. The third-order valence-electron chi connectivity index (χ3n) is 4.58. The van der Waals surface area contributed by atoms with Gasteiger partial charge in [-0.15, -0.1) is 35.3 Å². The van der Waals surface area contributed by atoms with Gasteiger partial charge >= 0.3 is 0 Å². The predicted molar refractivity (Wildman–Crippen MR) is 106 cm³/mol. The smallest absolute Gasteiger partial charge is 0.191 e. The molecule has 1 fully saturated rings. The quantitative estimate of drug-likeness (QED) is 0.403. The first kappa shape index (κ1) is 19.7. The van der Waals surface area contributed by atoms with Gasteiger partial charge in [0.2, 0.25) is 0 Å². The molecule has 0 atom stereocenters. The SMILES string of the molecule is CCNC(=NCc1nc(C)c(C)s1)NCC1(CC)CCC1.I. The highest BCUT2D eigenvalue weighted by molar-refractivity contribution is 14.0. The van der Waals surface area contributed by atoms with Crippen molar-refractivity contribution in [3.63, 3.8) is 0 Å². The fourth-order valence-corrected chi connectivity index (χ4v) is 3.56. The largest absolute Gasteiger partial charge is 0.357 e. The average molecular weight is 436 g/mol. The molecule has 1 heterocycles. The van der Waals surface area contributed by atoms with Crippen LogP contribution in [0.15, 0.2) is 4.99 Å². The minimum Gasteiger partial charge on any atom is -0.357 e. The summed E-state index contributed by atoms with van der Waals surface area (Å²) in [6.07, 6.45) is 5.33. The number of aliphatic imine (C=N–C) groups is 1. The van der Waals surface area contributed by atoms with Crippen LogP contribution in [0, 0.1) is 19.3 Å². The third-order valence-corrected chi connectivity index (χ3v) is 5.64. The van der Waals surface area contributed by atoms with E-state index in [0.29, 0.717) is 12.0 Å². The summed E-state index contributed by atoms with van der Waals surface area (Å²) in [6.45, 7) is 11.2. The van der Waals surface area contributed by atoms with Crippen molar-refractivity contribution >= 4 is 41.3 Å². The molecule has 0 amide bonds. The zero-order chi connectivity index (χ0) is 15.3. The number of guanidine groups is 1. The molecule has 4 nitrogen and oxygen atoms in total. The maximum Gasteiger partial charge on any atom is 0.191 e. The average Bonchev–Trinajstić information content (AvgIpc) is 2.74. The first-order valence-electron chi connectivity index (χ1n) is 8.03. The normalized spacial score (nSPS) is 16.6. The highest BCUT2D eigenvalue weighted by Crippen LogP contribution is 2.42. The summed E-state index contributed by atoms with van der Waals surface area (Å²) in [4.78, 5) is 10.5. The number of hydrogen-bond donors (Lipinski definition) is 2. The van der Waals surface area contributed by atoms with Crippen LogP contribution in [0.25, 0.3) is 0 Å². The molecule has 0 aromatic carbocycles. The van der Waals surface area contributed by atoms with E-state index >= 15 is 0 Å². The van der Waals surface area contributed by atoms with Gasteiger partial charge in [0.05, 0.1) is 12.2 Å². The van der Waals surface area contributed by atoms with Gasteiger partial charge in [-0.3, -0.25) is 0 Å². The Balaban J connectivity index is 0.00000242. The van der Waals surface area contributed by atoms with Gasteiger partial charge in [0.15, 0.2) is 5.96 Å². The fourth-order valence-electron chi connectivity index (χ4n) is 2.70. The summed E-state index contributed by atoms with van der Waals surface area (Å²) in [5.74, 6) is 0.919. The van der Waals surface area contributed by atoms with Crippen LogP contribution in [0.3, 0.4) is 0 Å². The minimum absolute atomic E-state index is 0. The molecule has 1 aliphatic rings. The third kappa shape index (κ3) is 5.08.